The highest BCUT2D eigenvalue weighted by atomic mass is 16.2. The Morgan fingerprint density at radius 2 is 2.05 bits per heavy atom. The van der Waals surface area contributed by atoms with Crippen molar-refractivity contribution in [2.75, 3.05) is 26.2 Å². The van der Waals surface area contributed by atoms with Gasteiger partial charge in [0.25, 0.3) is 0 Å². The van der Waals surface area contributed by atoms with E-state index in [4.69, 9.17) is 0 Å². The molecule has 2 rings (SSSR count). The van der Waals surface area contributed by atoms with Crippen LogP contribution in [0, 0.1) is 11.3 Å². The number of carbonyl (C=O) groups is 1. The van der Waals surface area contributed by atoms with E-state index in [9.17, 15) is 4.79 Å². The monoisotopic (exact) mass is 267 g/mol. The average Bonchev–Trinajstić information content (AvgIpc) is 2.37. The van der Waals surface area contributed by atoms with E-state index in [1.54, 1.807) is 0 Å². The summed E-state index contributed by atoms with van der Waals surface area (Å²) < 4.78 is 0. The van der Waals surface area contributed by atoms with Crippen LogP contribution in [0.2, 0.25) is 0 Å². The fourth-order valence-electron chi connectivity index (χ4n) is 3.13. The lowest BCUT2D eigenvalue weighted by Gasteiger charge is -2.40. The van der Waals surface area contributed by atoms with Gasteiger partial charge in [0.15, 0.2) is 0 Å². The van der Waals surface area contributed by atoms with E-state index in [-0.39, 0.29) is 11.4 Å². The summed E-state index contributed by atoms with van der Waals surface area (Å²) in [5.74, 6) is 0.767. The lowest BCUT2D eigenvalue weighted by Crippen LogP contribution is -2.55. The highest BCUT2D eigenvalue weighted by molar-refractivity contribution is 5.74. The van der Waals surface area contributed by atoms with Gasteiger partial charge < -0.3 is 15.5 Å². The molecule has 0 spiro atoms. The third-order valence-electron chi connectivity index (χ3n) is 4.86. The van der Waals surface area contributed by atoms with E-state index < -0.39 is 0 Å². The standard InChI is InChI=1S/C15H29N3O/c1-12-5-9-18(10-6-12)14(19)17-11-13-15(2,3)7-4-8-16-13/h12-13,16H,4-11H2,1-3H3,(H,17,19). The first-order chi connectivity index (χ1) is 8.99. The molecule has 0 bridgehead atoms. The molecule has 0 radical (unpaired) electrons. The minimum Gasteiger partial charge on any atom is -0.336 e. The number of hydrogen-bond acceptors (Lipinski definition) is 2. The third kappa shape index (κ3) is 3.85. The molecule has 110 valence electrons. The molecule has 2 aliphatic heterocycles. The number of amides is 2. The predicted octanol–water partition coefficient (Wildman–Crippen LogP) is 2.21. The van der Waals surface area contributed by atoms with Gasteiger partial charge >= 0.3 is 6.03 Å². The van der Waals surface area contributed by atoms with Crippen LogP contribution in [0.5, 0.6) is 0 Å². The van der Waals surface area contributed by atoms with Gasteiger partial charge in [0.1, 0.15) is 0 Å². The highest BCUT2D eigenvalue weighted by Crippen LogP contribution is 2.29. The maximum Gasteiger partial charge on any atom is 0.317 e. The second kappa shape index (κ2) is 6.12. The second-order valence-electron chi connectivity index (χ2n) is 6.95. The van der Waals surface area contributed by atoms with Crippen LogP contribution in [0.1, 0.15) is 46.5 Å². The quantitative estimate of drug-likeness (QED) is 0.805. The second-order valence-corrected chi connectivity index (χ2v) is 6.95. The lowest BCUT2D eigenvalue weighted by atomic mass is 9.77. The van der Waals surface area contributed by atoms with Gasteiger partial charge in [-0.25, -0.2) is 4.79 Å². The van der Waals surface area contributed by atoms with Crippen molar-refractivity contribution in [2.45, 2.75) is 52.5 Å². The van der Waals surface area contributed by atoms with Crippen molar-refractivity contribution in [3.05, 3.63) is 0 Å². The normalized spacial score (nSPS) is 28.2. The Balaban J connectivity index is 1.76. The molecule has 2 saturated heterocycles. The van der Waals surface area contributed by atoms with Crippen molar-refractivity contribution in [3.63, 3.8) is 0 Å². The fourth-order valence-corrected chi connectivity index (χ4v) is 3.13. The fraction of sp³-hybridized carbons (Fsp3) is 0.933. The van der Waals surface area contributed by atoms with E-state index in [1.807, 2.05) is 4.90 Å². The minimum absolute atomic E-state index is 0.120. The highest BCUT2D eigenvalue weighted by Gasteiger charge is 2.32. The van der Waals surface area contributed by atoms with Crippen LogP contribution in [-0.2, 0) is 0 Å². The maximum absolute atomic E-state index is 12.1. The Morgan fingerprint density at radius 3 is 2.68 bits per heavy atom. The molecule has 2 amide bonds. The maximum atomic E-state index is 12.1. The topological polar surface area (TPSA) is 44.4 Å². The van der Waals surface area contributed by atoms with Gasteiger partial charge in [0.05, 0.1) is 0 Å². The number of nitrogens with one attached hydrogen (secondary N) is 2. The number of urea groups is 1. The van der Waals surface area contributed by atoms with Crippen molar-refractivity contribution in [2.24, 2.45) is 11.3 Å². The molecule has 4 heteroatoms. The van der Waals surface area contributed by atoms with Crippen molar-refractivity contribution < 1.29 is 4.79 Å². The first kappa shape index (κ1) is 14.6. The van der Waals surface area contributed by atoms with E-state index in [0.717, 1.165) is 44.9 Å². The summed E-state index contributed by atoms with van der Waals surface area (Å²) in [5, 5.41) is 6.66. The van der Waals surface area contributed by atoms with Crippen molar-refractivity contribution in [1.29, 1.82) is 0 Å². The molecule has 2 N–H and O–H groups in total. The Kier molecular flexibility index (Phi) is 4.71. The van der Waals surface area contributed by atoms with Crippen LogP contribution in [0.3, 0.4) is 0 Å². The molecule has 2 heterocycles. The molecule has 1 unspecified atom stereocenters. The molecule has 4 nitrogen and oxygen atoms in total. The minimum atomic E-state index is 0.120. The van der Waals surface area contributed by atoms with Crippen LogP contribution < -0.4 is 10.6 Å². The SMILES string of the molecule is CC1CCN(C(=O)NCC2NCCCC2(C)C)CC1. The summed E-state index contributed by atoms with van der Waals surface area (Å²) in [6, 6.07) is 0.518. The van der Waals surface area contributed by atoms with Crippen molar-refractivity contribution in [1.82, 2.24) is 15.5 Å². The van der Waals surface area contributed by atoms with Gasteiger partial charge in [-0.05, 0) is 43.6 Å². The first-order valence-corrected chi connectivity index (χ1v) is 7.75. The molecule has 1 atom stereocenters. The first-order valence-electron chi connectivity index (χ1n) is 7.75. The van der Waals surface area contributed by atoms with Crippen LogP contribution in [0.4, 0.5) is 4.79 Å². The van der Waals surface area contributed by atoms with Gasteiger partial charge in [-0.1, -0.05) is 20.8 Å². The van der Waals surface area contributed by atoms with Gasteiger partial charge in [-0.15, -0.1) is 0 Å². The number of likely N-dealkylation sites (tertiary alicyclic amines) is 1. The van der Waals surface area contributed by atoms with Gasteiger partial charge in [0.2, 0.25) is 0 Å². The number of hydrogen-bond donors (Lipinski definition) is 2. The molecule has 2 fully saturated rings. The molecule has 19 heavy (non-hydrogen) atoms. The van der Waals surface area contributed by atoms with Crippen LogP contribution >= 0.6 is 0 Å². The molecule has 0 aromatic carbocycles. The molecule has 0 aromatic rings. The van der Waals surface area contributed by atoms with E-state index in [2.05, 4.69) is 31.4 Å². The zero-order chi connectivity index (χ0) is 13.9. The molecule has 0 aromatic heterocycles. The van der Waals surface area contributed by atoms with E-state index >= 15 is 0 Å². The smallest absolute Gasteiger partial charge is 0.317 e. The zero-order valence-electron chi connectivity index (χ0n) is 12.7. The summed E-state index contributed by atoms with van der Waals surface area (Å²) in [6.07, 6.45) is 4.75. The van der Waals surface area contributed by atoms with Gasteiger partial charge in [-0.2, -0.15) is 0 Å². The summed E-state index contributed by atoms with van der Waals surface area (Å²) in [4.78, 5) is 14.1. The van der Waals surface area contributed by atoms with Crippen LogP contribution in [0.25, 0.3) is 0 Å². The van der Waals surface area contributed by atoms with Crippen LogP contribution in [-0.4, -0.2) is 43.2 Å². The molecular weight excluding hydrogens is 238 g/mol. The average molecular weight is 267 g/mol. The number of nitrogens with zero attached hydrogens (tertiary/aromatic N) is 1. The Hall–Kier alpha value is -0.770. The zero-order valence-corrected chi connectivity index (χ0v) is 12.7. The summed E-state index contributed by atoms with van der Waals surface area (Å²) >= 11 is 0. The Bertz CT molecular complexity index is 309. The molecule has 2 aliphatic rings. The largest absolute Gasteiger partial charge is 0.336 e. The molecule has 0 aliphatic carbocycles. The van der Waals surface area contributed by atoms with Crippen molar-refractivity contribution in [3.8, 4) is 0 Å². The molecular formula is C15H29N3O. The summed E-state index contributed by atoms with van der Waals surface area (Å²) in [6.45, 7) is 10.5. The van der Waals surface area contributed by atoms with Crippen molar-refractivity contribution >= 4 is 6.03 Å². The van der Waals surface area contributed by atoms with E-state index in [1.165, 1.54) is 12.8 Å². The number of piperidine rings is 2. The van der Waals surface area contributed by atoms with Gasteiger partial charge in [-0.3, -0.25) is 0 Å². The van der Waals surface area contributed by atoms with E-state index in [0.29, 0.717) is 6.04 Å². The third-order valence-corrected chi connectivity index (χ3v) is 4.86. The molecule has 0 saturated carbocycles. The Morgan fingerprint density at radius 1 is 1.37 bits per heavy atom. The number of rotatable bonds is 2. The Labute approximate surface area is 117 Å². The van der Waals surface area contributed by atoms with Crippen LogP contribution in [0.15, 0.2) is 0 Å². The predicted molar refractivity (Wildman–Crippen MR) is 78.2 cm³/mol. The summed E-state index contributed by atoms with van der Waals surface area (Å²) in [7, 11) is 0. The summed E-state index contributed by atoms with van der Waals surface area (Å²) in [5.41, 5.74) is 0.280. The number of carbonyl (C=O) groups excluding carboxylic acids is 1. The lowest BCUT2D eigenvalue weighted by molar-refractivity contribution is 0.156. The van der Waals surface area contributed by atoms with Gasteiger partial charge in [0, 0.05) is 25.7 Å².